The van der Waals surface area contributed by atoms with E-state index in [1.807, 2.05) is 64.1 Å². The average molecular weight is 585 g/mol. The van der Waals surface area contributed by atoms with Crippen molar-refractivity contribution in [2.24, 2.45) is 0 Å². The van der Waals surface area contributed by atoms with Crippen LogP contribution in [0.1, 0.15) is 63.5 Å². The number of hydrogen-bond acceptors (Lipinski definition) is 7. The van der Waals surface area contributed by atoms with E-state index < -0.39 is 5.60 Å². The number of benzene rings is 2. The van der Waals surface area contributed by atoms with Gasteiger partial charge < -0.3 is 24.1 Å². The van der Waals surface area contributed by atoms with Gasteiger partial charge in [-0.2, -0.15) is 0 Å². The SMILES string of the molecule is CN(C)c1ccc(C=Cc2nc3cc4[nH]c(=O)c(CCC(=O)OC(C)(C)C)nc4cc3n2CCCN2CCCC2=O)cc1. The van der Waals surface area contributed by atoms with Gasteiger partial charge in [0.15, 0.2) is 0 Å². The summed E-state index contributed by atoms with van der Waals surface area (Å²) in [6.07, 6.45) is 6.61. The van der Waals surface area contributed by atoms with E-state index in [0.717, 1.165) is 47.5 Å². The molecule has 4 aromatic rings. The Morgan fingerprint density at radius 2 is 1.81 bits per heavy atom. The molecule has 0 radical (unpaired) electrons. The Bertz CT molecular complexity index is 1730. The van der Waals surface area contributed by atoms with Crippen molar-refractivity contribution in [2.75, 3.05) is 32.1 Å². The molecular weight excluding hydrogens is 544 g/mol. The zero-order valence-electron chi connectivity index (χ0n) is 25.6. The molecule has 10 nitrogen and oxygen atoms in total. The molecule has 0 unspecified atom stereocenters. The fraction of sp³-hybridized carbons (Fsp3) is 0.424. The number of aromatic amines is 1. The molecule has 1 fully saturated rings. The highest BCUT2D eigenvalue weighted by Crippen LogP contribution is 2.24. The first kappa shape index (κ1) is 30.0. The first-order valence-electron chi connectivity index (χ1n) is 14.8. The maximum absolute atomic E-state index is 12.8. The fourth-order valence-corrected chi connectivity index (χ4v) is 5.32. The number of anilines is 1. The van der Waals surface area contributed by atoms with Crippen LogP contribution in [0.5, 0.6) is 0 Å². The van der Waals surface area contributed by atoms with E-state index in [4.69, 9.17) is 9.72 Å². The van der Waals surface area contributed by atoms with Gasteiger partial charge in [-0.1, -0.05) is 18.2 Å². The molecule has 1 saturated heterocycles. The van der Waals surface area contributed by atoms with E-state index in [0.29, 0.717) is 30.5 Å². The molecule has 5 rings (SSSR count). The Kier molecular flexibility index (Phi) is 8.66. The van der Waals surface area contributed by atoms with Gasteiger partial charge in [-0.25, -0.2) is 9.97 Å². The zero-order chi connectivity index (χ0) is 30.7. The summed E-state index contributed by atoms with van der Waals surface area (Å²) in [6, 6.07) is 12.1. The molecule has 1 aliphatic rings. The summed E-state index contributed by atoms with van der Waals surface area (Å²) in [6.45, 7) is 7.61. The summed E-state index contributed by atoms with van der Waals surface area (Å²) in [7, 11) is 4.03. The topological polar surface area (TPSA) is 113 Å². The smallest absolute Gasteiger partial charge is 0.306 e. The van der Waals surface area contributed by atoms with Crippen molar-refractivity contribution in [3.8, 4) is 0 Å². The molecule has 0 aliphatic carbocycles. The number of amides is 1. The number of imidazole rings is 1. The third-order valence-electron chi connectivity index (χ3n) is 7.46. The normalized spacial score (nSPS) is 14.0. The van der Waals surface area contributed by atoms with E-state index in [2.05, 4.69) is 43.7 Å². The predicted molar refractivity (Wildman–Crippen MR) is 170 cm³/mol. The molecule has 1 amide bonds. The lowest BCUT2D eigenvalue weighted by atomic mass is 10.2. The van der Waals surface area contributed by atoms with Crippen molar-refractivity contribution in [3.63, 3.8) is 0 Å². The van der Waals surface area contributed by atoms with Crippen LogP contribution < -0.4 is 10.5 Å². The Hall–Kier alpha value is -4.47. The van der Waals surface area contributed by atoms with Crippen LogP contribution in [0.3, 0.4) is 0 Å². The van der Waals surface area contributed by atoms with E-state index >= 15 is 0 Å². The lowest BCUT2D eigenvalue weighted by Crippen LogP contribution is -2.26. The van der Waals surface area contributed by atoms with Crippen LogP contribution >= 0.6 is 0 Å². The molecule has 1 aliphatic heterocycles. The quantitative estimate of drug-likeness (QED) is 0.267. The first-order valence-corrected chi connectivity index (χ1v) is 14.8. The third-order valence-corrected chi connectivity index (χ3v) is 7.46. The van der Waals surface area contributed by atoms with Crippen molar-refractivity contribution >= 4 is 51.8 Å². The molecule has 1 N–H and O–H groups in total. The summed E-state index contributed by atoms with van der Waals surface area (Å²) in [4.78, 5) is 53.7. The van der Waals surface area contributed by atoms with Gasteiger partial charge in [-0.05, 0) is 69.5 Å². The summed E-state index contributed by atoms with van der Waals surface area (Å²) in [5.41, 5.74) is 4.39. The number of likely N-dealkylation sites (tertiary alicyclic amines) is 1. The Morgan fingerprint density at radius 3 is 2.49 bits per heavy atom. The van der Waals surface area contributed by atoms with Crippen LogP contribution in [0, 0.1) is 0 Å². The highest BCUT2D eigenvalue weighted by Gasteiger charge is 2.20. The molecule has 10 heteroatoms. The number of rotatable bonds is 10. The highest BCUT2D eigenvalue weighted by molar-refractivity contribution is 5.92. The number of carbonyl (C=O) groups excluding carboxylic acids is 2. The standard InChI is InChI=1S/C33H40N6O4/c1-33(2,3)43-31(41)16-14-24-32(42)36-25-20-27-28(21-26(25)34-24)39(19-7-18-38-17-6-8-30(38)40)29(35-27)15-11-22-9-12-23(13-10-22)37(4)5/h9-13,15,20-21H,6-8,14,16-19H2,1-5H3,(H,36,42). The van der Waals surface area contributed by atoms with Crippen LogP contribution in [-0.2, 0) is 27.3 Å². The summed E-state index contributed by atoms with van der Waals surface area (Å²) < 4.78 is 7.54. The molecule has 3 heterocycles. The first-order chi connectivity index (χ1) is 20.5. The van der Waals surface area contributed by atoms with Gasteiger partial charge >= 0.3 is 5.97 Å². The second-order valence-electron chi connectivity index (χ2n) is 12.2. The highest BCUT2D eigenvalue weighted by atomic mass is 16.6. The number of fused-ring (bicyclic) bond motifs is 2. The van der Waals surface area contributed by atoms with E-state index in [1.165, 1.54) is 0 Å². The number of aromatic nitrogens is 4. The number of H-pyrrole nitrogens is 1. The Balaban J connectivity index is 1.46. The number of esters is 1. The minimum Gasteiger partial charge on any atom is -0.460 e. The lowest BCUT2D eigenvalue weighted by molar-refractivity contribution is -0.154. The molecule has 226 valence electrons. The van der Waals surface area contributed by atoms with Crippen molar-refractivity contribution in [1.82, 2.24) is 24.4 Å². The molecule has 0 spiro atoms. The van der Waals surface area contributed by atoms with Gasteiger partial charge in [0, 0.05) is 52.3 Å². The molecule has 2 aromatic heterocycles. The number of nitrogens with zero attached hydrogens (tertiary/aromatic N) is 5. The molecule has 2 aromatic carbocycles. The predicted octanol–water partition coefficient (Wildman–Crippen LogP) is 4.80. The summed E-state index contributed by atoms with van der Waals surface area (Å²) in [5, 5.41) is 0. The van der Waals surface area contributed by atoms with E-state index in [9.17, 15) is 14.4 Å². The van der Waals surface area contributed by atoms with Gasteiger partial charge in [-0.15, -0.1) is 0 Å². The maximum Gasteiger partial charge on any atom is 0.306 e. The van der Waals surface area contributed by atoms with Crippen molar-refractivity contribution < 1.29 is 14.3 Å². The van der Waals surface area contributed by atoms with Crippen LogP contribution in [0.25, 0.3) is 34.2 Å². The maximum atomic E-state index is 12.8. The molecule has 0 saturated carbocycles. The van der Waals surface area contributed by atoms with Crippen LogP contribution in [0.15, 0.2) is 41.2 Å². The molecule has 0 atom stereocenters. The number of ether oxygens (including phenoxy) is 1. The van der Waals surface area contributed by atoms with E-state index in [-0.39, 0.29) is 36.0 Å². The third kappa shape index (κ3) is 7.31. The second-order valence-corrected chi connectivity index (χ2v) is 12.2. The number of nitrogens with one attached hydrogen (secondary N) is 1. The van der Waals surface area contributed by atoms with Crippen LogP contribution in [-0.4, -0.2) is 69.1 Å². The van der Waals surface area contributed by atoms with Crippen LogP contribution in [0.4, 0.5) is 5.69 Å². The minimum atomic E-state index is -0.589. The van der Waals surface area contributed by atoms with Gasteiger partial charge in [0.2, 0.25) is 5.91 Å². The monoisotopic (exact) mass is 584 g/mol. The number of hydrogen-bond donors (Lipinski definition) is 1. The van der Waals surface area contributed by atoms with Gasteiger partial charge in [-0.3, -0.25) is 14.4 Å². The van der Waals surface area contributed by atoms with Crippen LogP contribution in [0.2, 0.25) is 0 Å². The Morgan fingerprint density at radius 1 is 1.05 bits per heavy atom. The van der Waals surface area contributed by atoms with Gasteiger partial charge in [0.25, 0.3) is 5.56 Å². The van der Waals surface area contributed by atoms with Crippen molar-refractivity contribution in [3.05, 3.63) is 63.8 Å². The van der Waals surface area contributed by atoms with Gasteiger partial charge in [0.05, 0.1) is 28.5 Å². The largest absolute Gasteiger partial charge is 0.460 e. The molecule has 43 heavy (non-hydrogen) atoms. The number of aryl methyl sites for hydroxylation is 2. The molecule has 0 bridgehead atoms. The van der Waals surface area contributed by atoms with Gasteiger partial charge in [0.1, 0.15) is 17.1 Å². The van der Waals surface area contributed by atoms with E-state index in [1.54, 1.807) is 0 Å². The summed E-state index contributed by atoms with van der Waals surface area (Å²) >= 11 is 0. The zero-order valence-corrected chi connectivity index (χ0v) is 25.6. The molecular formula is C33H40N6O4. The minimum absolute atomic E-state index is 0.0682. The number of carbonyl (C=O) groups is 2. The fourth-order valence-electron chi connectivity index (χ4n) is 5.32. The lowest BCUT2D eigenvalue weighted by Gasteiger charge is -2.19. The second kappa shape index (κ2) is 12.4. The van der Waals surface area contributed by atoms with Crippen molar-refractivity contribution in [2.45, 2.75) is 65.0 Å². The van der Waals surface area contributed by atoms with Crippen molar-refractivity contribution in [1.29, 1.82) is 0 Å². The summed E-state index contributed by atoms with van der Waals surface area (Å²) in [5.74, 6) is 0.628. The average Bonchev–Trinajstić information content (AvgIpc) is 3.51. The Labute approximate surface area is 251 Å².